The molecule has 0 atom stereocenters. The van der Waals surface area contributed by atoms with E-state index in [-0.39, 0.29) is 5.15 Å². The molecule has 2 heterocycles. The van der Waals surface area contributed by atoms with Crippen LogP contribution in [0.2, 0.25) is 5.15 Å². The Morgan fingerprint density at radius 1 is 1.32 bits per heavy atom. The van der Waals surface area contributed by atoms with Gasteiger partial charge in [0.25, 0.3) is 0 Å². The van der Waals surface area contributed by atoms with E-state index in [1.807, 2.05) is 0 Å². The van der Waals surface area contributed by atoms with Gasteiger partial charge in [-0.15, -0.1) is 0 Å². The highest BCUT2D eigenvalue weighted by molar-refractivity contribution is 6.29. The lowest BCUT2D eigenvalue weighted by atomic mass is 10.2. The van der Waals surface area contributed by atoms with E-state index in [1.54, 1.807) is 35.3 Å². The van der Waals surface area contributed by atoms with Gasteiger partial charge < -0.3 is 5.73 Å². The molecule has 0 fully saturated rings. The Kier molecular flexibility index (Phi) is 2.64. The number of amides is 1. The summed E-state index contributed by atoms with van der Waals surface area (Å²) in [6.07, 6.45) is 4.60. The highest BCUT2D eigenvalue weighted by atomic mass is 35.5. The van der Waals surface area contributed by atoms with Crippen LogP contribution in [0, 0.1) is 0 Å². The number of fused-ring (bicyclic) bond motifs is 1. The predicted molar refractivity (Wildman–Crippen MR) is 70.2 cm³/mol. The van der Waals surface area contributed by atoms with Gasteiger partial charge in [-0.2, -0.15) is 0 Å². The van der Waals surface area contributed by atoms with Crippen molar-refractivity contribution in [2.24, 2.45) is 5.73 Å². The number of hydrogen-bond acceptors (Lipinski definition) is 4. The van der Waals surface area contributed by atoms with Crippen molar-refractivity contribution in [1.29, 1.82) is 0 Å². The molecule has 0 spiro atoms. The number of carbonyl (C=O) groups excluding carboxylic acids is 1. The molecule has 94 valence electrons. The molecule has 1 amide bonds. The molecular weight excluding hydrogens is 266 g/mol. The highest BCUT2D eigenvalue weighted by Crippen LogP contribution is 2.18. The van der Waals surface area contributed by atoms with Gasteiger partial charge in [0.05, 0.1) is 23.4 Å². The standard InChI is InChI=1S/C12H8ClN5O/c13-10-4-15-5-11(17-10)18-6-16-8-2-1-7(12(14)19)3-9(8)18/h1-6H,(H2,14,19). The van der Waals surface area contributed by atoms with E-state index in [1.165, 1.54) is 6.20 Å². The third-order valence-corrected chi connectivity index (χ3v) is 2.85. The summed E-state index contributed by atoms with van der Waals surface area (Å²) in [4.78, 5) is 23.6. The number of nitrogens with two attached hydrogens (primary N) is 1. The molecule has 0 aliphatic rings. The number of imidazole rings is 1. The normalized spacial score (nSPS) is 10.8. The van der Waals surface area contributed by atoms with Gasteiger partial charge in [0.15, 0.2) is 5.82 Å². The van der Waals surface area contributed by atoms with Crippen LogP contribution < -0.4 is 5.73 Å². The zero-order valence-electron chi connectivity index (χ0n) is 9.62. The first-order chi connectivity index (χ1) is 9.15. The number of benzene rings is 1. The topological polar surface area (TPSA) is 86.7 Å². The molecule has 2 aromatic heterocycles. The lowest BCUT2D eigenvalue weighted by molar-refractivity contribution is 0.100. The Morgan fingerprint density at radius 2 is 2.16 bits per heavy atom. The largest absolute Gasteiger partial charge is 0.366 e. The van der Waals surface area contributed by atoms with Crippen molar-refractivity contribution in [3.8, 4) is 5.82 Å². The summed E-state index contributed by atoms with van der Waals surface area (Å²) >= 11 is 5.81. The number of primary amides is 1. The van der Waals surface area contributed by atoms with Crippen molar-refractivity contribution < 1.29 is 4.79 Å². The van der Waals surface area contributed by atoms with E-state index in [2.05, 4.69) is 15.0 Å². The van der Waals surface area contributed by atoms with Crippen LogP contribution in [0.5, 0.6) is 0 Å². The van der Waals surface area contributed by atoms with Crippen LogP contribution in [0.15, 0.2) is 36.9 Å². The molecule has 0 radical (unpaired) electrons. The smallest absolute Gasteiger partial charge is 0.248 e. The van der Waals surface area contributed by atoms with Crippen molar-refractivity contribution in [2.45, 2.75) is 0 Å². The summed E-state index contributed by atoms with van der Waals surface area (Å²) in [5, 5.41) is 0.283. The lowest BCUT2D eigenvalue weighted by Gasteiger charge is -2.03. The summed E-state index contributed by atoms with van der Waals surface area (Å²) in [6, 6.07) is 5.02. The number of nitrogens with zero attached hydrogens (tertiary/aromatic N) is 4. The highest BCUT2D eigenvalue weighted by Gasteiger charge is 2.09. The summed E-state index contributed by atoms with van der Waals surface area (Å²) in [6.45, 7) is 0. The Balaban J connectivity index is 2.24. The Morgan fingerprint density at radius 3 is 2.89 bits per heavy atom. The second-order valence-electron chi connectivity index (χ2n) is 3.88. The van der Waals surface area contributed by atoms with Gasteiger partial charge >= 0.3 is 0 Å². The van der Waals surface area contributed by atoms with Gasteiger partial charge in [-0.05, 0) is 18.2 Å². The second kappa shape index (κ2) is 4.33. The molecule has 0 aliphatic carbocycles. The van der Waals surface area contributed by atoms with Gasteiger partial charge in [0.2, 0.25) is 5.91 Å². The molecule has 19 heavy (non-hydrogen) atoms. The van der Waals surface area contributed by atoms with Crippen LogP contribution in [-0.2, 0) is 0 Å². The lowest BCUT2D eigenvalue weighted by Crippen LogP contribution is -2.10. The fraction of sp³-hybridized carbons (Fsp3) is 0. The van der Waals surface area contributed by atoms with E-state index < -0.39 is 5.91 Å². The van der Waals surface area contributed by atoms with Gasteiger partial charge in [-0.25, -0.2) is 9.97 Å². The average molecular weight is 274 g/mol. The van der Waals surface area contributed by atoms with Crippen LogP contribution in [0.1, 0.15) is 10.4 Å². The zero-order chi connectivity index (χ0) is 13.4. The number of rotatable bonds is 2. The summed E-state index contributed by atoms with van der Waals surface area (Å²) < 4.78 is 1.70. The maximum atomic E-state index is 11.2. The molecule has 3 rings (SSSR count). The fourth-order valence-electron chi connectivity index (χ4n) is 1.79. The third kappa shape index (κ3) is 2.02. The minimum absolute atomic E-state index is 0.283. The maximum Gasteiger partial charge on any atom is 0.248 e. The molecule has 7 heteroatoms. The quantitative estimate of drug-likeness (QED) is 0.768. The molecule has 0 unspecified atom stereocenters. The van der Waals surface area contributed by atoms with Gasteiger partial charge in [-0.1, -0.05) is 11.6 Å². The summed E-state index contributed by atoms with van der Waals surface area (Å²) in [5.41, 5.74) is 7.12. The van der Waals surface area contributed by atoms with Crippen molar-refractivity contribution in [2.75, 3.05) is 0 Å². The maximum absolute atomic E-state index is 11.2. The van der Waals surface area contributed by atoms with Crippen molar-refractivity contribution in [3.63, 3.8) is 0 Å². The SMILES string of the molecule is NC(=O)c1ccc2ncn(-c3cncc(Cl)n3)c2c1. The van der Waals surface area contributed by atoms with E-state index >= 15 is 0 Å². The molecule has 6 nitrogen and oxygen atoms in total. The summed E-state index contributed by atoms with van der Waals surface area (Å²) in [5.74, 6) is 0.0310. The van der Waals surface area contributed by atoms with Crippen molar-refractivity contribution in [1.82, 2.24) is 19.5 Å². The number of aromatic nitrogens is 4. The van der Waals surface area contributed by atoms with Gasteiger partial charge in [0, 0.05) is 5.56 Å². The van der Waals surface area contributed by atoms with Crippen LogP contribution in [-0.4, -0.2) is 25.4 Å². The minimum atomic E-state index is -0.494. The average Bonchev–Trinajstić information content (AvgIpc) is 2.81. The summed E-state index contributed by atoms with van der Waals surface area (Å²) in [7, 11) is 0. The van der Waals surface area contributed by atoms with Crippen LogP contribution in [0.25, 0.3) is 16.9 Å². The molecule has 0 aliphatic heterocycles. The Labute approximate surface area is 112 Å². The Bertz CT molecular complexity index is 783. The number of hydrogen-bond donors (Lipinski definition) is 1. The van der Waals surface area contributed by atoms with E-state index in [0.717, 1.165) is 5.52 Å². The second-order valence-corrected chi connectivity index (χ2v) is 4.27. The monoisotopic (exact) mass is 273 g/mol. The Hall–Kier alpha value is -2.47. The van der Waals surface area contributed by atoms with Crippen molar-refractivity contribution in [3.05, 3.63) is 47.6 Å². The fourth-order valence-corrected chi connectivity index (χ4v) is 1.94. The number of halogens is 1. The number of carbonyl (C=O) groups is 1. The molecule has 0 bridgehead atoms. The minimum Gasteiger partial charge on any atom is -0.366 e. The molecule has 3 aromatic rings. The van der Waals surface area contributed by atoms with E-state index in [4.69, 9.17) is 17.3 Å². The molecular formula is C12H8ClN5O. The first-order valence-electron chi connectivity index (χ1n) is 5.40. The molecule has 1 aromatic carbocycles. The van der Waals surface area contributed by atoms with E-state index in [9.17, 15) is 4.79 Å². The van der Waals surface area contributed by atoms with Crippen LogP contribution >= 0.6 is 11.6 Å². The van der Waals surface area contributed by atoms with Crippen molar-refractivity contribution >= 4 is 28.5 Å². The van der Waals surface area contributed by atoms with Gasteiger partial charge in [0.1, 0.15) is 11.5 Å². The predicted octanol–water partition coefficient (Wildman–Crippen LogP) is 1.57. The first kappa shape index (κ1) is 11.6. The van der Waals surface area contributed by atoms with Crippen LogP contribution in [0.3, 0.4) is 0 Å². The zero-order valence-corrected chi connectivity index (χ0v) is 10.4. The van der Waals surface area contributed by atoms with Gasteiger partial charge in [-0.3, -0.25) is 14.3 Å². The molecule has 2 N–H and O–H groups in total. The molecule has 0 saturated heterocycles. The third-order valence-electron chi connectivity index (χ3n) is 2.67. The van der Waals surface area contributed by atoms with E-state index in [0.29, 0.717) is 16.9 Å². The first-order valence-corrected chi connectivity index (χ1v) is 5.78. The molecule has 0 saturated carbocycles. The van der Waals surface area contributed by atoms with Crippen LogP contribution in [0.4, 0.5) is 0 Å².